The van der Waals surface area contributed by atoms with E-state index in [0.29, 0.717) is 12.0 Å². The average Bonchev–Trinajstić information content (AvgIpc) is 2.76. The Balaban J connectivity index is 3.29. The number of carbonyl (C=O) groups excluding carboxylic acids is 4. The van der Waals surface area contributed by atoms with Crippen molar-refractivity contribution < 1.29 is 28.7 Å². The fourth-order valence-corrected chi connectivity index (χ4v) is 3.37. The molecule has 35 heavy (non-hydrogen) atoms. The summed E-state index contributed by atoms with van der Waals surface area (Å²) in [6, 6.07) is 7.01. The Bertz CT molecular complexity index is 864. The molecule has 0 aromatic heterocycles. The Hall–Kier alpha value is -3.10. The van der Waals surface area contributed by atoms with E-state index in [2.05, 4.69) is 10.6 Å². The summed E-state index contributed by atoms with van der Waals surface area (Å²) >= 11 is 0. The molecule has 9 nitrogen and oxygen atoms in total. The predicted octanol–water partition coefficient (Wildman–Crippen LogP) is 3.73. The zero-order valence-corrected chi connectivity index (χ0v) is 22.3. The van der Waals surface area contributed by atoms with Gasteiger partial charge in [-0.3, -0.25) is 14.4 Å². The number of nitrogens with one attached hydrogen (secondary N) is 2. The van der Waals surface area contributed by atoms with Gasteiger partial charge in [-0.25, -0.2) is 4.79 Å². The normalized spacial score (nSPS) is 13.3. The minimum atomic E-state index is -0.983. The van der Waals surface area contributed by atoms with Crippen LogP contribution in [0, 0.1) is 0 Å². The van der Waals surface area contributed by atoms with E-state index in [4.69, 9.17) is 9.47 Å². The first kappa shape index (κ1) is 29.9. The number of hydrogen-bond acceptors (Lipinski definition) is 6. The number of alkyl carbamates (subject to hydrolysis) is 1. The van der Waals surface area contributed by atoms with Crippen LogP contribution in [0.4, 0.5) is 4.79 Å². The van der Waals surface area contributed by atoms with Crippen LogP contribution in [0.5, 0.6) is 0 Å². The van der Waals surface area contributed by atoms with Gasteiger partial charge in [-0.15, -0.1) is 0 Å². The topological polar surface area (TPSA) is 114 Å². The van der Waals surface area contributed by atoms with Crippen molar-refractivity contribution in [2.75, 3.05) is 13.2 Å². The van der Waals surface area contributed by atoms with Crippen molar-refractivity contribution in [3.63, 3.8) is 0 Å². The second-order valence-corrected chi connectivity index (χ2v) is 9.90. The minimum absolute atomic E-state index is 0.0167. The third-order valence-corrected chi connectivity index (χ3v) is 5.41. The van der Waals surface area contributed by atoms with Gasteiger partial charge in [0, 0.05) is 12.1 Å². The van der Waals surface area contributed by atoms with Crippen molar-refractivity contribution in [1.29, 1.82) is 0 Å². The zero-order chi connectivity index (χ0) is 26.8. The molecule has 1 aromatic carbocycles. The largest absolute Gasteiger partial charge is 0.466 e. The fraction of sp³-hybridized carbons (Fsp3) is 0.615. The summed E-state index contributed by atoms with van der Waals surface area (Å²) in [7, 11) is 0. The molecule has 0 heterocycles. The van der Waals surface area contributed by atoms with Crippen LogP contribution in [0.2, 0.25) is 0 Å². The van der Waals surface area contributed by atoms with Crippen molar-refractivity contribution in [3.8, 4) is 0 Å². The molecule has 2 atom stereocenters. The van der Waals surface area contributed by atoms with Gasteiger partial charge in [0.15, 0.2) is 0 Å². The Labute approximate surface area is 208 Å². The van der Waals surface area contributed by atoms with Gasteiger partial charge in [-0.2, -0.15) is 0 Å². The number of benzene rings is 1. The molecule has 2 N–H and O–H groups in total. The van der Waals surface area contributed by atoms with E-state index in [1.165, 1.54) is 4.90 Å². The molecule has 0 spiro atoms. The zero-order valence-electron chi connectivity index (χ0n) is 22.3. The summed E-state index contributed by atoms with van der Waals surface area (Å²) in [5, 5.41) is 5.35. The van der Waals surface area contributed by atoms with Gasteiger partial charge < -0.3 is 25.0 Å². The molecule has 1 rings (SSSR count). The highest BCUT2D eigenvalue weighted by Crippen LogP contribution is 2.32. The minimum Gasteiger partial charge on any atom is -0.466 e. The Kier molecular flexibility index (Phi) is 11.2. The molecule has 3 amide bonds. The molecule has 0 aliphatic rings. The second kappa shape index (κ2) is 13.1. The lowest BCUT2D eigenvalue weighted by Crippen LogP contribution is -2.58. The molecule has 196 valence electrons. The first-order valence-electron chi connectivity index (χ1n) is 12.0. The third-order valence-electron chi connectivity index (χ3n) is 5.41. The van der Waals surface area contributed by atoms with Crippen LogP contribution in [0.1, 0.15) is 79.8 Å². The van der Waals surface area contributed by atoms with Crippen LogP contribution >= 0.6 is 0 Å². The summed E-state index contributed by atoms with van der Waals surface area (Å²) in [5.74, 6) is -1.28. The summed E-state index contributed by atoms with van der Waals surface area (Å²) in [5.41, 5.74) is -0.846. The van der Waals surface area contributed by atoms with Gasteiger partial charge in [0.25, 0.3) is 0 Å². The van der Waals surface area contributed by atoms with Crippen LogP contribution in [-0.2, 0) is 23.9 Å². The smallest absolute Gasteiger partial charge is 0.408 e. The van der Waals surface area contributed by atoms with Crippen molar-refractivity contribution in [2.24, 2.45) is 0 Å². The molecule has 9 heteroatoms. The Morgan fingerprint density at radius 1 is 1.00 bits per heavy atom. The number of hydrogen-bond donors (Lipinski definition) is 2. The van der Waals surface area contributed by atoms with E-state index in [1.807, 2.05) is 26.8 Å². The summed E-state index contributed by atoms with van der Waals surface area (Å²) in [6.45, 7) is 14.5. The molecule has 0 aliphatic heterocycles. The van der Waals surface area contributed by atoms with E-state index < -0.39 is 47.1 Å². The number of ether oxygens (including phenoxy) is 2. The quantitative estimate of drug-likeness (QED) is 0.456. The van der Waals surface area contributed by atoms with Crippen LogP contribution in [0.3, 0.4) is 0 Å². The standard InChI is InChI=1S/C26H41N3O6/c1-9-26(7,8)29(23(32)18(3)28-24(33)35-25(4,5)6)21(19-14-12-11-13-15-19)22(31)27-17-16-20(30)34-10-2/h11-15,18,21H,9-10,16-17H2,1-8H3,(H,27,31)(H,28,33). The lowest BCUT2D eigenvalue weighted by atomic mass is 9.92. The summed E-state index contributed by atoms with van der Waals surface area (Å²) in [4.78, 5) is 52.7. The molecular weight excluding hydrogens is 450 g/mol. The lowest BCUT2D eigenvalue weighted by Gasteiger charge is -2.44. The van der Waals surface area contributed by atoms with Crippen LogP contribution in [-0.4, -0.2) is 59.1 Å². The van der Waals surface area contributed by atoms with E-state index in [1.54, 1.807) is 58.9 Å². The average molecular weight is 492 g/mol. The van der Waals surface area contributed by atoms with Gasteiger partial charge in [0.05, 0.1) is 13.0 Å². The molecule has 2 unspecified atom stereocenters. The van der Waals surface area contributed by atoms with Gasteiger partial charge in [0.2, 0.25) is 11.8 Å². The van der Waals surface area contributed by atoms with Crippen LogP contribution in [0.15, 0.2) is 30.3 Å². The lowest BCUT2D eigenvalue weighted by molar-refractivity contribution is -0.149. The molecule has 0 radical (unpaired) electrons. The predicted molar refractivity (Wildman–Crippen MR) is 133 cm³/mol. The maximum Gasteiger partial charge on any atom is 0.408 e. The van der Waals surface area contributed by atoms with Crippen molar-refractivity contribution >= 4 is 23.9 Å². The molecular formula is C26H41N3O6. The molecule has 0 saturated carbocycles. The number of esters is 1. The molecule has 0 aliphatic carbocycles. The van der Waals surface area contributed by atoms with Crippen molar-refractivity contribution in [3.05, 3.63) is 35.9 Å². The molecule has 0 saturated heterocycles. The van der Waals surface area contributed by atoms with Gasteiger partial charge in [-0.05, 0) is 60.5 Å². The van der Waals surface area contributed by atoms with Crippen LogP contribution in [0.25, 0.3) is 0 Å². The van der Waals surface area contributed by atoms with E-state index in [9.17, 15) is 19.2 Å². The van der Waals surface area contributed by atoms with Crippen LogP contribution < -0.4 is 10.6 Å². The second-order valence-electron chi connectivity index (χ2n) is 9.90. The molecule has 0 fully saturated rings. The summed E-state index contributed by atoms with van der Waals surface area (Å²) in [6.07, 6.45) is -0.150. The highest BCUT2D eigenvalue weighted by atomic mass is 16.6. The number of amides is 3. The van der Waals surface area contributed by atoms with E-state index in [0.717, 1.165) is 0 Å². The Morgan fingerprint density at radius 2 is 1.60 bits per heavy atom. The van der Waals surface area contributed by atoms with Gasteiger partial charge in [0.1, 0.15) is 17.7 Å². The van der Waals surface area contributed by atoms with E-state index in [-0.39, 0.29) is 19.6 Å². The summed E-state index contributed by atoms with van der Waals surface area (Å²) < 4.78 is 10.2. The van der Waals surface area contributed by atoms with E-state index >= 15 is 0 Å². The monoisotopic (exact) mass is 491 g/mol. The number of rotatable bonds is 11. The maximum atomic E-state index is 13.7. The SMILES string of the molecule is CCOC(=O)CCNC(=O)C(c1ccccc1)N(C(=O)C(C)NC(=O)OC(C)(C)C)C(C)(C)CC. The first-order valence-corrected chi connectivity index (χ1v) is 12.0. The highest BCUT2D eigenvalue weighted by Gasteiger charge is 2.42. The first-order chi connectivity index (χ1) is 16.2. The Morgan fingerprint density at radius 3 is 2.11 bits per heavy atom. The maximum absolute atomic E-state index is 13.7. The van der Waals surface area contributed by atoms with Gasteiger partial charge in [-0.1, -0.05) is 37.3 Å². The number of nitrogens with zero attached hydrogens (tertiary/aromatic N) is 1. The number of carbonyl (C=O) groups is 4. The van der Waals surface area contributed by atoms with Crippen molar-refractivity contribution in [2.45, 2.75) is 91.5 Å². The third kappa shape index (κ3) is 9.58. The molecule has 1 aromatic rings. The highest BCUT2D eigenvalue weighted by molar-refractivity contribution is 5.92. The fourth-order valence-electron chi connectivity index (χ4n) is 3.37. The van der Waals surface area contributed by atoms with Gasteiger partial charge >= 0.3 is 12.1 Å². The molecule has 0 bridgehead atoms. The van der Waals surface area contributed by atoms with Crippen molar-refractivity contribution in [1.82, 2.24) is 15.5 Å².